The van der Waals surface area contributed by atoms with E-state index in [9.17, 15) is 13.6 Å². The topological polar surface area (TPSA) is 40.5 Å². The van der Waals surface area contributed by atoms with E-state index in [2.05, 4.69) is 0 Å². The van der Waals surface area contributed by atoms with Gasteiger partial charge in [0.25, 0.3) is 0 Å². The number of nitrogens with zero attached hydrogens (tertiary/aromatic N) is 1. The molecule has 98 valence electrons. The van der Waals surface area contributed by atoms with Crippen molar-refractivity contribution in [3.05, 3.63) is 29.3 Å². The van der Waals surface area contributed by atoms with Gasteiger partial charge in [-0.1, -0.05) is 0 Å². The highest BCUT2D eigenvalue weighted by atomic mass is 19.2. The van der Waals surface area contributed by atoms with Gasteiger partial charge in [-0.3, -0.25) is 0 Å². The van der Waals surface area contributed by atoms with Crippen molar-refractivity contribution in [1.82, 2.24) is 0 Å². The molecular formula is C13H15F2NO2. The van der Waals surface area contributed by atoms with Crippen LogP contribution in [-0.2, 0) is 0 Å². The van der Waals surface area contributed by atoms with E-state index in [1.807, 2.05) is 6.92 Å². The first-order valence-corrected chi connectivity index (χ1v) is 6.00. The molecule has 1 aliphatic heterocycles. The maximum atomic E-state index is 13.9. The summed E-state index contributed by atoms with van der Waals surface area (Å²) in [6, 6.07) is 2.62. The molecule has 0 aliphatic carbocycles. The fourth-order valence-corrected chi connectivity index (χ4v) is 2.38. The van der Waals surface area contributed by atoms with Crippen molar-refractivity contribution in [2.24, 2.45) is 0 Å². The Bertz CT molecular complexity index is 476. The Morgan fingerprint density at radius 2 is 2.06 bits per heavy atom. The van der Waals surface area contributed by atoms with E-state index in [-0.39, 0.29) is 11.7 Å². The smallest absolute Gasteiger partial charge is 0.338 e. The van der Waals surface area contributed by atoms with Crippen LogP contribution in [0.1, 0.15) is 36.5 Å². The standard InChI is InChI=1S/C13H15F2NO2/c1-8-4-2-3-7-16(8)10-6-5-9(13(17)18)11(14)12(10)15/h5-6,8H,2-4,7H2,1H3,(H,17,18). The van der Waals surface area contributed by atoms with Crippen molar-refractivity contribution >= 4 is 11.7 Å². The molecule has 1 unspecified atom stereocenters. The summed E-state index contributed by atoms with van der Waals surface area (Å²) in [6.07, 6.45) is 2.95. The minimum absolute atomic E-state index is 0.142. The van der Waals surface area contributed by atoms with Crippen LogP contribution in [0.2, 0.25) is 0 Å². The number of carboxylic acid groups (broad SMARTS) is 1. The number of hydrogen-bond acceptors (Lipinski definition) is 2. The molecule has 0 bridgehead atoms. The summed E-state index contributed by atoms with van der Waals surface area (Å²) in [4.78, 5) is 12.5. The van der Waals surface area contributed by atoms with Crippen molar-refractivity contribution in [2.45, 2.75) is 32.2 Å². The molecule has 5 heteroatoms. The average molecular weight is 255 g/mol. The second kappa shape index (κ2) is 4.92. The summed E-state index contributed by atoms with van der Waals surface area (Å²) in [5.74, 6) is -3.80. The third-order valence-electron chi connectivity index (χ3n) is 3.40. The summed E-state index contributed by atoms with van der Waals surface area (Å²) in [5, 5.41) is 8.72. The van der Waals surface area contributed by atoms with Gasteiger partial charge in [0.1, 0.15) is 0 Å². The highest BCUT2D eigenvalue weighted by Gasteiger charge is 2.25. The monoisotopic (exact) mass is 255 g/mol. The number of aromatic carboxylic acids is 1. The van der Waals surface area contributed by atoms with Gasteiger partial charge in [0.05, 0.1) is 11.3 Å². The largest absolute Gasteiger partial charge is 0.478 e. The SMILES string of the molecule is CC1CCCCN1c1ccc(C(=O)O)c(F)c1F. The first-order chi connectivity index (χ1) is 8.52. The van der Waals surface area contributed by atoms with E-state index in [1.54, 1.807) is 4.90 Å². The van der Waals surface area contributed by atoms with E-state index in [0.29, 0.717) is 6.54 Å². The van der Waals surface area contributed by atoms with Crippen LogP contribution in [0.25, 0.3) is 0 Å². The van der Waals surface area contributed by atoms with Gasteiger partial charge < -0.3 is 10.0 Å². The lowest BCUT2D eigenvalue weighted by atomic mass is 10.0. The fourth-order valence-electron chi connectivity index (χ4n) is 2.38. The molecule has 1 aliphatic rings. The van der Waals surface area contributed by atoms with Crippen LogP contribution in [-0.4, -0.2) is 23.7 Å². The van der Waals surface area contributed by atoms with Crippen LogP contribution in [0.4, 0.5) is 14.5 Å². The van der Waals surface area contributed by atoms with Gasteiger partial charge in [-0.2, -0.15) is 0 Å². The molecule has 1 N–H and O–H groups in total. The summed E-state index contributed by atoms with van der Waals surface area (Å²) in [5.41, 5.74) is -0.467. The summed E-state index contributed by atoms with van der Waals surface area (Å²) in [7, 11) is 0. The number of carbonyl (C=O) groups is 1. The molecule has 18 heavy (non-hydrogen) atoms. The zero-order valence-electron chi connectivity index (χ0n) is 10.1. The summed E-state index contributed by atoms with van der Waals surface area (Å²) < 4.78 is 27.5. The Hall–Kier alpha value is -1.65. The lowest BCUT2D eigenvalue weighted by Crippen LogP contribution is -2.38. The average Bonchev–Trinajstić information content (AvgIpc) is 2.33. The van der Waals surface area contributed by atoms with Gasteiger partial charge in [-0.25, -0.2) is 13.6 Å². The molecule has 0 spiro atoms. The van der Waals surface area contributed by atoms with Crippen molar-refractivity contribution in [3.63, 3.8) is 0 Å². The molecule has 0 saturated carbocycles. The molecule has 1 aromatic carbocycles. The van der Waals surface area contributed by atoms with E-state index < -0.39 is 23.2 Å². The Kier molecular flexibility index (Phi) is 3.50. The molecular weight excluding hydrogens is 240 g/mol. The predicted molar refractivity (Wildman–Crippen MR) is 64.0 cm³/mol. The maximum Gasteiger partial charge on any atom is 0.338 e. The first kappa shape index (κ1) is 12.8. The molecule has 1 aromatic rings. The Labute approximate surface area is 104 Å². The molecule has 1 fully saturated rings. The second-order valence-electron chi connectivity index (χ2n) is 4.60. The van der Waals surface area contributed by atoms with Crippen molar-refractivity contribution < 1.29 is 18.7 Å². The van der Waals surface area contributed by atoms with Crippen LogP contribution in [0.15, 0.2) is 12.1 Å². The van der Waals surface area contributed by atoms with Gasteiger partial charge in [0.2, 0.25) is 0 Å². The summed E-state index contributed by atoms with van der Waals surface area (Å²) >= 11 is 0. The first-order valence-electron chi connectivity index (χ1n) is 6.00. The number of hydrogen-bond donors (Lipinski definition) is 1. The zero-order chi connectivity index (χ0) is 13.3. The third kappa shape index (κ3) is 2.17. The fraction of sp³-hybridized carbons (Fsp3) is 0.462. The molecule has 1 atom stereocenters. The van der Waals surface area contributed by atoms with E-state index in [0.717, 1.165) is 25.3 Å². The molecule has 1 heterocycles. The van der Waals surface area contributed by atoms with Gasteiger partial charge in [0.15, 0.2) is 11.6 Å². The van der Waals surface area contributed by atoms with Crippen LogP contribution in [0.3, 0.4) is 0 Å². The lowest BCUT2D eigenvalue weighted by Gasteiger charge is -2.35. The highest BCUT2D eigenvalue weighted by Crippen LogP contribution is 2.29. The third-order valence-corrected chi connectivity index (χ3v) is 3.40. The van der Waals surface area contributed by atoms with E-state index in [1.165, 1.54) is 6.07 Å². The van der Waals surface area contributed by atoms with Gasteiger partial charge in [-0.15, -0.1) is 0 Å². The number of benzene rings is 1. The second-order valence-corrected chi connectivity index (χ2v) is 4.60. The van der Waals surface area contributed by atoms with Crippen LogP contribution in [0.5, 0.6) is 0 Å². The van der Waals surface area contributed by atoms with Crippen molar-refractivity contribution in [2.75, 3.05) is 11.4 Å². The number of rotatable bonds is 2. The number of piperidine rings is 1. The number of anilines is 1. The lowest BCUT2D eigenvalue weighted by molar-refractivity contribution is 0.0690. The molecule has 1 saturated heterocycles. The van der Waals surface area contributed by atoms with Crippen LogP contribution < -0.4 is 4.90 Å². The predicted octanol–water partition coefficient (Wildman–Crippen LogP) is 3.04. The Balaban J connectivity index is 2.40. The van der Waals surface area contributed by atoms with Gasteiger partial charge in [0, 0.05) is 12.6 Å². The molecule has 2 rings (SSSR count). The van der Waals surface area contributed by atoms with Gasteiger partial charge in [-0.05, 0) is 38.3 Å². The van der Waals surface area contributed by atoms with Gasteiger partial charge >= 0.3 is 5.97 Å². The molecule has 0 aromatic heterocycles. The molecule has 3 nitrogen and oxygen atoms in total. The molecule has 0 amide bonds. The Morgan fingerprint density at radius 3 is 2.67 bits per heavy atom. The quantitative estimate of drug-likeness (QED) is 0.883. The van der Waals surface area contributed by atoms with Crippen LogP contribution in [0, 0.1) is 11.6 Å². The summed E-state index contributed by atoms with van der Waals surface area (Å²) in [6.45, 7) is 2.63. The van der Waals surface area contributed by atoms with Crippen molar-refractivity contribution in [1.29, 1.82) is 0 Å². The minimum Gasteiger partial charge on any atom is -0.478 e. The number of halogens is 2. The number of carboxylic acids is 1. The van der Waals surface area contributed by atoms with Crippen LogP contribution >= 0.6 is 0 Å². The van der Waals surface area contributed by atoms with E-state index >= 15 is 0 Å². The molecule has 0 radical (unpaired) electrons. The highest BCUT2D eigenvalue weighted by molar-refractivity contribution is 5.88. The Morgan fingerprint density at radius 1 is 1.33 bits per heavy atom. The van der Waals surface area contributed by atoms with Crippen molar-refractivity contribution in [3.8, 4) is 0 Å². The normalized spacial score (nSPS) is 19.9. The maximum absolute atomic E-state index is 13.9. The van der Waals surface area contributed by atoms with E-state index in [4.69, 9.17) is 5.11 Å². The minimum atomic E-state index is -1.45. The zero-order valence-corrected chi connectivity index (χ0v) is 10.1.